The van der Waals surface area contributed by atoms with Crippen molar-refractivity contribution in [3.8, 4) is 0 Å². The van der Waals surface area contributed by atoms with Gasteiger partial charge in [0.05, 0.1) is 5.56 Å². The van der Waals surface area contributed by atoms with Crippen molar-refractivity contribution in [1.82, 2.24) is 9.88 Å². The Morgan fingerprint density at radius 2 is 2.09 bits per heavy atom. The highest BCUT2D eigenvalue weighted by atomic mass is 32.2. The van der Waals surface area contributed by atoms with Crippen molar-refractivity contribution in [3.05, 3.63) is 59.5 Å². The van der Waals surface area contributed by atoms with Crippen molar-refractivity contribution >= 4 is 17.7 Å². The number of halogens is 1. The molecule has 1 fully saturated rings. The number of hydrogen-bond acceptors (Lipinski definition) is 3. The van der Waals surface area contributed by atoms with Crippen LogP contribution in [0.2, 0.25) is 0 Å². The van der Waals surface area contributed by atoms with Gasteiger partial charge in [-0.25, -0.2) is 9.37 Å². The van der Waals surface area contributed by atoms with Crippen LogP contribution in [0, 0.1) is 5.82 Å². The quantitative estimate of drug-likeness (QED) is 0.812. The van der Waals surface area contributed by atoms with E-state index in [1.165, 1.54) is 23.9 Å². The molecule has 1 atom stereocenters. The first kappa shape index (κ1) is 15.0. The predicted octanol–water partition coefficient (Wildman–Crippen LogP) is 3.57. The summed E-state index contributed by atoms with van der Waals surface area (Å²) in [5.41, 5.74) is 1.75. The Morgan fingerprint density at radius 3 is 2.82 bits per heavy atom. The monoisotopic (exact) mass is 316 g/mol. The van der Waals surface area contributed by atoms with Crippen LogP contribution in [0.1, 0.15) is 28.3 Å². The molecule has 0 unspecified atom stereocenters. The molecule has 1 saturated heterocycles. The van der Waals surface area contributed by atoms with Crippen LogP contribution in [0.4, 0.5) is 4.39 Å². The molecule has 0 saturated carbocycles. The smallest absolute Gasteiger partial charge is 0.256 e. The summed E-state index contributed by atoms with van der Waals surface area (Å²) in [6.07, 6.45) is 4.53. The summed E-state index contributed by atoms with van der Waals surface area (Å²) < 4.78 is 13.0. The van der Waals surface area contributed by atoms with E-state index in [1.807, 2.05) is 29.4 Å². The highest BCUT2D eigenvalue weighted by molar-refractivity contribution is 7.98. The number of carbonyl (C=O) groups excluding carboxylic acids is 1. The van der Waals surface area contributed by atoms with E-state index in [0.717, 1.165) is 23.6 Å². The highest BCUT2D eigenvalue weighted by Gasteiger charge is 2.29. The third-order valence-electron chi connectivity index (χ3n) is 4.01. The number of benzene rings is 1. The molecule has 0 aliphatic carbocycles. The Bertz CT molecular complexity index is 675. The third kappa shape index (κ3) is 2.99. The van der Waals surface area contributed by atoms with Gasteiger partial charge in [0.15, 0.2) is 0 Å². The molecule has 114 valence electrons. The van der Waals surface area contributed by atoms with E-state index in [1.54, 1.807) is 12.3 Å². The second kappa shape index (κ2) is 6.48. The predicted molar refractivity (Wildman–Crippen MR) is 85.7 cm³/mol. The number of rotatable bonds is 3. The number of hydrogen-bond donors (Lipinski definition) is 0. The van der Waals surface area contributed by atoms with Crippen molar-refractivity contribution in [2.45, 2.75) is 17.4 Å². The largest absolute Gasteiger partial charge is 0.338 e. The molecule has 1 aromatic carbocycles. The average molecular weight is 316 g/mol. The maximum Gasteiger partial charge on any atom is 0.256 e. The van der Waals surface area contributed by atoms with Crippen LogP contribution in [0.3, 0.4) is 0 Å². The minimum Gasteiger partial charge on any atom is -0.338 e. The summed E-state index contributed by atoms with van der Waals surface area (Å²) in [7, 11) is 0. The molecule has 3 nitrogen and oxygen atoms in total. The summed E-state index contributed by atoms with van der Waals surface area (Å²) in [6, 6.07) is 10.2. The molecule has 22 heavy (non-hydrogen) atoms. The van der Waals surface area contributed by atoms with Gasteiger partial charge in [-0.2, -0.15) is 0 Å². The summed E-state index contributed by atoms with van der Waals surface area (Å²) >= 11 is 1.48. The van der Waals surface area contributed by atoms with E-state index in [-0.39, 0.29) is 17.6 Å². The van der Waals surface area contributed by atoms with Gasteiger partial charge >= 0.3 is 0 Å². The van der Waals surface area contributed by atoms with E-state index < -0.39 is 0 Å². The molecule has 2 heterocycles. The Morgan fingerprint density at radius 1 is 1.32 bits per heavy atom. The van der Waals surface area contributed by atoms with Gasteiger partial charge in [0.2, 0.25) is 0 Å². The standard InChI is InChI=1S/C17H17FN2OS/c1-22-16-15(3-2-9-19-16)17(21)20-10-8-13(11-20)12-4-6-14(18)7-5-12/h2-7,9,13H,8,10-11H2,1H3/t13-/m0/s1. The van der Waals surface area contributed by atoms with Crippen molar-refractivity contribution in [2.75, 3.05) is 19.3 Å². The first-order valence-corrected chi connectivity index (χ1v) is 8.45. The van der Waals surface area contributed by atoms with E-state index in [4.69, 9.17) is 0 Å². The molecule has 1 amide bonds. The van der Waals surface area contributed by atoms with E-state index >= 15 is 0 Å². The summed E-state index contributed by atoms with van der Waals surface area (Å²) in [4.78, 5) is 18.8. The molecule has 1 aliphatic heterocycles. The fourth-order valence-corrected chi connectivity index (χ4v) is 3.38. The lowest BCUT2D eigenvalue weighted by atomic mass is 9.99. The first-order chi connectivity index (χ1) is 10.7. The second-order valence-corrected chi connectivity index (χ2v) is 6.14. The fraction of sp³-hybridized carbons (Fsp3) is 0.294. The zero-order valence-electron chi connectivity index (χ0n) is 12.3. The molecule has 3 rings (SSSR count). The van der Waals surface area contributed by atoms with Crippen molar-refractivity contribution in [1.29, 1.82) is 0 Å². The topological polar surface area (TPSA) is 33.2 Å². The van der Waals surface area contributed by atoms with Gasteiger partial charge in [-0.1, -0.05) is 12.1 Å². The number of aromatic nitrogens is 1. The number of carbonyl (C=O) groups is 1. The number of thioether (sulfide) groups is 1. The Balaban J connectivity index is 1.74. The second-order valence-electron chi connectivity index (χ2n) is 5.35. The van der Waals surface area contributed by atoms with Crippen LogP contribution in [0.5, 0.6) is 0 Å². The molecule has 0 radical (unpaired) electrons. The molecule has 1 aromatic heterocycles. The van der Waals surface area contributed by atoms with Crippen LogP contribution in [0.15, 0.2) is 47.6 Å². The number of amides is 1. The Hall–Kier alpha value is -1.88. The molecule has 0 N–H and O–H groups in total. The van der Waals surface area contributed by atoms with E-state index in [2.05, 4.69) is 4.98 Å². The van der Waals surface area contributed by atoms with Crippen LogP contribution in [0.25, 0.3) is 0 Å². The first-order valence-electron chi connectivity index (χ1n) is 7.23. The lowest BCUT2D eigenvalue weighted by molar-refractivity contribution is 0.0786. The SMILES string of the molecule is CSc1ncccc1C(=O)N1CC[C@H](c2ccc(F)cc2)C1. The van der Waals surface area contributed by atoms with Crippen molar-refractivity contribution < 1.29 is 9.18 Å². The Kier molecular flexibility index (Phi) is 4.43. The number of likely N-dealkylation sites (tertiary alicyclic amines) is 1. The van der Waals surface area contributed by atoms with Crippen LogP contribution >= 0.6 is 11.8 Å². The number of pyridine rings is 1. The van der Waals surface area contributed by atoms with Gasteiger partial charge in [0.1, 0.15) is 10.8 Å². The maximum atomic E-state index is 13.0. The minimum absolute atomic E-state index is 0.0297. The van der Waals surface area contributed by atoms with Crippen molar-refractivity contribution in [3.63, 3.8) is 0 Å². The van der Waals surface area contributed by atoms with Gasteiger partial charge < -0.3 is 4.90 Å². The van der Waals surface area contributed by atoms with Crippen LogP contribution in [-0.2, 0) is 0 Å². The van der Waals surface area contributed by atoms with E-state index in [0.29, 0.717) is 12.1 Å². The van der Waals surface area contributed by atoms with Crippen LogP contribution in [-0.4, -0.2) is 35.1 Å². The van der Waals surface area contributed by atoms with E-state index in [9.17, 15) is 9.18 Å². The summed E-state index contributed by atoms with van der Waals surface area (Å²) in [5, 5.41) is 0.762. The molecule has 2 aromatic rings. The Labute approximate surface area is 133 Å². The molecule has 0 bridgehead atoms. The van der Waals surface area contributed by atoms with Crippen LogP contribution < -0.4 is 0 Å². The molecule has 1 aliphatic rings. The normalized spacial score (nSPS) is 17.7. The highest BCUT2D eigenvalue weighted by Crippen LogP contribution is 2.29. The van der Waals surface area contributed by atoms with Gasteiger partial charge in [0, 0.05) is 25.2 Å². The zero-order valence-corrected chi connectivity index (χ0v) is 13.1. The molecule has 5 heteroatoms. The molecular weight excluding hydrogens is 299 g/mol. The fourth-order valence-electron chi connectivity index (χ4n) is 2.84. The van der Waals surface area contributed by atoms with Gasteiger partial charge in [-0.05, 0) is 42.5 Å². The zero-order chi connectivity index (χ0) is 15.5. The minimum atomic E-state index is -0.227. The summed E-state index contributed by atoms with van der Waals surface area (Å²) in [5.74, 6) is 0.0793. The average Bonchev–Trinajstić information content (AvgIpc) is 3.05. The molecule has 0 spiro atoms. The number of nitrogens with zero attached hydrogens (tertiary/aromatic N) is 2. The summed E-state index contributed by atoms with van der Waals surface area (Å²) in [6.45, 7) is 1.40. The lowest BCUT2D eigenvalue weighted by Gasteiger charge is -2.18. The van der Waals surface area contributed by atoms with Gasteiger partial charge in [-0.15, -0.1) is 11.8 Å². The van der Waals surface area contributed by atoms with Gasteiger partial charge in [0.25, 0.3) is 5.91 Å². The van der Waals surface area contributed by atoms with Crippen molar-refractivity contribution in [2.24, 2.45) is 0 Å². The van der Waals surface area contributed by atoms with Gasteiger partial charge in [-0.3, -0.25) is 4.79 Å². The maximum absolute atomic E-state index is 13.0. The third-order valence-corrected chi connectivity index (χ3v) is 4.72. The lowest BCUT2D eigenvalue weighted by Crippen LogP contribution is -2.29. The molecular formula is C17H17FN2OS.